The second kappa shape index (κ2) is 3.97. The summed E-state index contributed by atoms with van der Waals surface area (Å²) >= 11 is 0. The molecule has 0 saturated carbocycles. The first-order chi connectivity index (χ1) is 6.83. The van der Waals surface area contributed by atoms with Crippen LogP contribution in [-0.2, 0) is 0 Å². The minimum absolute atomic E-state index is 0.651. The molecule has 0 fully saturated rings. The molecule has 1 nitrogen and oxygen atoms in total. The molecule has 0 aliphatic heterocycles. The maximum absolute atomic E-state index is 5.57. The van der Waals surface area contributed by atoms with Crippen LogP contribution in [0.1, 0.15) is 36.8 Å². The molecule has 0 amide bonds. The van der Waals surface area contributed by atoms with E-state index in [1.165, 1.54) is 29.5 Å². The Bertz CT molecular complexity index is 352. The molecule has 1 aromatic rings. The Morgan fingerprint density at radius 3 is 3.00 bits per heavy atom. The minimum Gasteiger partial charge on any atom is -0.327 e. The van der Waals surface area contributed by atoms with Crippen LogP contribution in [0.4, 0.5) is 0 Å². The lowest BCUT2D eigenvalue weighted by Gasteiger charge is -2.24. The monoisotopic (exact) mass is 187 g/mol. The predicted molar refractivity (Wildman–Crippen MR) is 61.1 cm³/mol. The first kappa shape index (κ1) is 9.47. The van der Waals surface area contributed by atoms with Crippen LogP contribution in [0.5, 0.6) is 0 Å². The van der Waals surface area contributed by atoms with Crippen molar-refractivity contribution in [3.63, 3.8) is 0 Å². The van der Waals surface area contributed by atoms with E-state index in [4.69, 9.17) is 5.73 Å². The van der Waals surface area contributed by atoms with Crippen molar-refractivity contribution < 1.29 is 0 Å². The fourth-order valence-corrected chi connectivity index (χ4v) is 2.24. The molecule has 74 valence electrons. The second-order valence-electron chi connectivity index (χ2n) is 3.99. The average Bonchev–Trinajstić information content (AvgIpc) is 2.23. The number of rotatable bonds is 1. The summed E-state index contributed by atoms with van der Waals surface area (Å²) in [4.78, 5) is 0. The highest BCUT2D eigenvalue weighted by Crippen LogP contribution is 2.37. The molecule has 1 unspecified atom stereocenters. The van der Waals surface area contributed by atoms with Crippen molar-refractivity contribution in [2.75, 3.05) is 6.54 Å². The highest BCUT2D eigenvalue weighted by Gasteiger charge is 2.18. The number of hydrogen-bond acceptors (Lipinski definition) is 1. The van der Waals surface area contributed by atoms with E-state index in [-0.39, 0.29) is 0 Å². The van der Waals surface area contributed by atoms with Crippen molar-refractivity contribution in [3.8, 4) is 0 Å². The smallest absolute Gasteiger partial charge is 0.0112 e. The van der Waals surface area contributed by atoms with Crippen LogP contribution >= 0.6 is 0 Å². The minimum atomic E-state index is 0.651. The third-order valence-electron chi connectivity index (χ3n) is 3.05. The first-order valence-corrected chi connectivity index (χ1v) is 5.31. The van der Waals surface area contributed by atoms with E-state index < -0.39 is 0 Å². The Kier molecular flexibility index (Phi) is 2.69. The molecule has 1 aliphatic rings. The Hall–Kier alpha value is -1.08. The van der Waals surface area contributed by atoms with Gasteiger partial charge in [-0.05, 0) is 35.5 Å². The van der Waals surface area contributed by atoms with Crippen LogP contribution in [0.2, 0.25) is 0 Å². The van der Waals surface area contributed by atoms with E-state index in [0.29, 0.717) is 12.5 Å². The molecule has 14 heavy (non-hydrogen) atoms. The Labute approximate surface area is 85.6 Å². The van der Waals surface area contributed by atoms with Gasteiger partial charge in [-0.1, -0.05) is 37.3 Å². The molecule has 0 aromatic heterocycles. The summed E-state index contributed by atoms with van der Waals surface area (Å²) in [6.45, 7) is 2.95. The van der Waals surface area contributed by atoms with Crippen LogP contribution in [0.25, 0.3) is 5.57 Å². The molecule has 0 radical (unpaired) electrons. The van der Waals surface area contributed by atoms with Gasteiger partial charge in [0.05, 0.1) is 0 Å². The van der Waals surface area contributed by atoms with Crippen molar-refractivity contribution in [2.45, 2.75) is 25.7 Å². The summed E-state index contributed by atoms with van der Waals surface area (Å²) in [5.41, 5.74) is 9.90. The fourth-order valence-electron chi connectivity index (χ4n) is 2.24. The van der Waals surface area contributed by atoms with Gasteiger partial charge in [-0.25, -0.2) is 0 Å². The maximum Gasteiger partial charge on any atom is 0.0112 e. The molecule has 2 rings (SSSR count). The summed E-state index contributed by atoms with van der Waals surface area (Å²) < 4.78 is 0. The van der Waals surface area contributed by atoms with Crippen LogP contribution in [0, 0.1) is 0 Å². The third kappa shape index (κ3) is 1.60. The van der Waals surface area contributed by atoms with Gasteiger partial charge in [0, 0.05) is 6.54 Å². The molecule has 2 N–H and O–H groups in total. The highest BCUT2D eigenvalue weighted by atomic mass is 14.5. The lowest BCUT2D eigenvalue weighted by molar-refractivity contribution is 0.674. The molecular weight excluding hydrogens is 170 g/mol. The van der Waals surface area contributed by atoms with Gasteiger partial charge in [0.15, 0.2) is 0 Å². The Morgan fingerprint density at radius 2 is 2.21 bits per heavy atom. The van der Waals surface area contributed by atoms with Crippen molar-refractivity contribution >= 4 is 5.57 Å². The summed E-state index contributed by atoms with van der Waals surface area (Å²) in [6.07, 6.45) is 4.59. The van der Waals surface area contributed by atoms with Crippen molar-refractivity contribution in [1.29, 1.82) is 0 Å². The predicted octanol–water partition coefficient (Wildman–Crippen LogP) is 2.93. The lowest BCUT2D eigenvalue weighted by Crippen LogP contribution is -2.07. The molecule has 0 heterocycles. The fraction of sp³-hybridized carbons (Fsp3) is 0.385. The Morgan fingerprint density at radius 1 is 1.43 bits per heavy atom. The highest BCUT2D eigenvalue weighted by molar-refractivity contribution is 5.70. The largest absolute Gasteiger partial charge is 0.327 e. The molecular formula is C13H17N. The number of allylic oxidation sites excluding steroid dienone is 1. The number of hydrogen-bond donors (Lipinski definition) is 1. The first-order valence-electron chi connectivity index (χ1n) is 5.31. The van der Waals surface area contributed by atoms with E-state index in [9.17, 15) is 0 Å². The van der Waals surface area contributed by atoms with Gasteiger partial charge >= 0.3 is 0 Å². The number of nitrogens with two attached hydrogens (primary N) is 1. The van der Waals surface area contributed by atoms with Crippen molar-refractivity contribution in [1.82, 2.24) is 0 Å². The van der Waals surface area contributed by atoms with Gasteiger partial charge in [-0.15, -0.1) is 0 Å². The average molecular weight is 187 g/mol. The molecule has 1 aliphatic carbocycles. The summed E-state index contributed by atoms with van der Waals surface area (Å²) in [5.74, 6) is 0.695. The third-order valence-corrected chi connectivity index (χ3v) is 3.05. The molecule has 1 heteroatoms. The van der Waals surface area contributed by atoms with E-state index in [2.05, 4.69) is 37.3 Å². The van der Waals surface area contributed by atoms with Gasteiger partial charge in [-0.3, -0.25) is 0 Å². The van der Waals surface area contributed by atoms with Crippen LogP contribution in [0.15, 0.2) is 30.3 Å². The lowest BCUT2D eigenvalue weighted by atomic mass is 9.81. The summed E-state index contributed by atoms with van der Waals surface area (Å²) in [5, 5.41) is 0. The summed E-state index contributed by atoms with van der Waals surface area (Å²) in [7, 11) is 0. The van der Waals surface area contributed by atoms with Crippen molar-refractivity contribution in [2.24, 2.45) is 5.73 Å². The zero-order valence-electron chi connectivity index (χ0n) is 8.66. The molecule has 0 spiro atoms. The molecule has 1 aromatic carbocycles. The topological polar surface area (TPSA) is 26.0 Å². The standard InChI is InChI=1S/C13H17N/c1-10-6-7-11(8-9-14)13-5-3-2-4-12(10)13/h2-5,8,10H,6-7,9,14H2,1H3/b11-8-. The van der Waals surface area contributed by atoms with E-state index in [1.54, 1.807) is 0 Å². The van der Waals surface area contributed by atoms with Gasteiger partial charge in [0.1, 0.15) is 0 Å². The second-order valence-corrected chi connectivity index (χ2v) is 3.99. The van der Waals surface area contributed by atoms with Gasteiger partial charge in [0.2, 0.25) is 0 Å². The van der Waals surface area contributed by atoms with E-state index in [1.807, 2.05) is 0 Å². The normalized spacial score (nSPS) is 23.6. The van der Waals surface area contributed by atoms with Crippen LogP contribution in [0.3, 0.4) is 0 Å². The number of benzene rings is 1. The molecule has 0 saturated heterocycles. The van der Waals surface area contributed by atoms with E-state index in [0.717, 1.165) is 0 Å². The van der Waals surface area contributed by atoms with Gasteiger partial charge in [0.25, 0.3) is 0 Å². The van der Waals surface area contributed by atoms with E-state index >= 15 is 0 Å². The van der Waals surface area contributed by atoms with Gasteiger partial charge < -0.3 is 5.73 Å². The Balaban J connectivity index is 2.47. The quantitative estimate of drug-likeness (QED) is 0.718. The maximum atomic E-state index is 5.57. The SMILES string of the molecule is CC1CC/C(=C/CN)c2ccccc21. The van der Waals surface area contributed by atoms with Gasteiger partial charge in [-0.2, -0.15) is 0 Å². The van der Waals surface area contributed by atoms with Crippen LogP contribution in [-0.4, -0.2) is 6.54 Å². The summed E-state index contributed by atoms with van der Waals surface area (Å²) in [6, 6.07) is 8.69. The van der Waals surface area contributed by atoms with Crippen molar-refractivity contribution in [3.05, 3.63) is 41.5 Å². The zero-order chi connectivity index (χ0) is 9.97. The molecule has 0 bridgehead atoms. The zero-order valence-corrected chi connectivity index (χ0v) is 8.66. The van der Waals surface area contributed by atoms with Crippen LogP contribution < -0.4 is 5.73 Å². The number of fused-ring (bicyclic) bond motifs is 1. The molecule has 1 atom stereocenters.